The van der Waals surface area contributed by atoms with Crippen molar-refractivity contribution in [3.8, 4) is 0 Å². The van der Waals surface area contributed by atoms with E-state index in [1.807, 2.05) is 12.1 Å². The molecule has 2 rings (SSSR count). The highest BCUT2D eigenvalue weighted by atomic mass is 16.5. The molecule has 2 aromatic carbocycles. The van der Waals surface area contributed by atoms with E-state index in [1.54, 1.807) is 31.4 Å². The lowest BCUT2D eigenvalue weighted by Crippen LogP contribution is -2.16. The van der Waals surface area contributed by atoms with Gasteiger partial charge in [0.1, 0.15) is 0 Å². The van der Waals surface area contributed by atoms with Gasteiger partial charge in [0.05, 0.1) is 17.7 Å². The second-order valence-electron chi connectivity index (χ2n) is 4.74. The number of carbonyl (C=O) groups is 2. The molecule has 5 nitrogen and oxygen atoms in total. The first kappa shape index (κ1) is 15.7. The fourth-order valence-electron chi connectivity index (χ4n) is 2.04. The van der Waals surface area contributed by atoms with Crippen LogP contribution in [0.5, 0.6) is 0 Å². The molecule has 0 bridgehead atoms. The number of anilines is 1. The van der Waals surface area contributed by atoms with Crippen LogP contribution in [0.4, 0.5) is 5.69 Å². The summed E-state index contributed by atoms with van der Waals surface area (Å²) in [6.45, 7) is 0.637. The molecule has 0 radical (unpaired) electrons. The van der Waals surface area contributed by atoms with Gasteiger partial charge in [-0.15, -0.1) is 0 Å². The summed E-state index contributed by atoms with van der Waals surface area (Å²) >= 11 is 0. The molecule has 0 heterocycles. The summed E-state index contributed by atoms with van der Waals surface area (Å²) in [6.07, 6.45) is 0.798. The molecule has 0 aliphatic heterocycles. The number of rotatable bonds is 6. The minimum atomic E-state index is -1.12. The second kappa shape index (κ2) is 7.38. The summed E-state index contributed by atoms with van der Waals surface area (Å²) < 4.78 is 5.01. The van der Waals surface area contributed by atoms with Crippen molar-refractivity contribution in [3.63, 3.8) is 0 Å². The molecule has 0 aliphatic carbocycles. The molecular formula is C17H17NO4. The van der Waals surface area contributed by atoms with Crippen LogP contribution < -0.4 is 5.32 Å². The Balaban J connectivity index is 2.10. The number of carbonyl (C=O) groups excluding carboxylic acids is 1. The fourth-order valence-corrected chi connectivity index (χ4v) is 2.04. The first-order valence-corrected chi connectivity index (χ1v) is 6.83. The van der Waals surface area contributed by atoms with Crippen molar-refractivity contribution in [1.29, 1.82) is 0 Å². The first-order valence-electron chi connectivity index (χ1n) is 6.83. The van der Waals surface area contributed by atoms with E-state index in [0.29, 0.717) is 12.3 Å². The van der Waals surface area contributed by atoms with Crippen LogP contribution in [0.3, 0.4) is 0 Å². The van der Waals surface area contributed by atoms with Gasteiger partial charge in [-0.3, -0.25) is 4.79 Å². The molecule has 0 spiro atoms. The Kier molecular flexibility index (Phi) is 5.27. The summed E-state index contributed by atoms with van der Waals surface area (Å²) in [5.41, 5.74) is 1.84. The van der Waals surface area contributed by atoms with Crippen molar-refractivity contribution < 1.29 is 19.4 Å². The van der Waals surface area contributed by atoms with Crippen molar-refractivity contribution in [3.05, 3.63) is 65.2 Å². The summed E-state index contributed by atoms with van der Waals surface area (Å²) in [5.74, 6) is -1.57. The lowest BCUT2D eigenvalue weighted by molar-refractivity contribution is 0.0692. The molecule has 1 amide bonds. The van der Waals surface area contributed by atoms with Crippen LogP contribution in [0.2, 0.25) is 0 Å². The highest BCUT2D eigenvalue weighted by molar-refractivity contribution is 6.10. The maximum Gasteiger partial charge on any atom is 0.336 e. The zero-order valence-electron chi connectivity index (χ0n) is 12.2. The van der Waals surface area contributed by atoms with Gasteiger partial charge in [0, 0.05) is 12.8 Å². The smallest absolute Gasteiger partial charge is 0.336 e. The minimum absolute atomic E-state index is 0.0169. The van der Waals surface area contributed by atoms with E-state index >= 15 is 0 Å². The molecular weight excluding hydrogens is 282 g/mol. The Morgan fingerprint density at radius 3 is 2.27 bits per heavy atom. The zero-order valence-corrected chi connectivity index (χ0v) is 12.2. The second-order valence-corrected chi connectivity index (χ2v) is 4.74. The van der Waals surface area contributed by atoms with Gasteiger partial charge in [-0.25, -0.2) is 4.79 Å². The fraction of sp³-hybridized carbons (Fsp3) is 0.176. The van der Waals surface area contributed by atoms with Gasteiger partial charge < -0.3 is 15.2 Å². The number of hydrogen-bond donors (Lipinski definition) is 2. The zero-order chi connectivity index (χ0) is 15.9. The van der Waals surface area contributed by atoms with Gasteiger partial charge in [0.15, 0.2) is 0 Å². The minimum Gasteiger partial charge on any atom is -0.478 e. The van der Waals surface area contributed by atoms with Crippen molar-refractivity contribution in [2.75, 3.05) is 19.0 Å². The number of ether oxygens (including phenoxy) is 1. The van der Waals surface area contributed by atoms with Gasteiger partial charge in [-0.05, 0) is 36.2 Å². The highest BCUT2D eigenvalue weighted by Crippen LogP contribution is 2.14. The largest absolute Gasteiger partial charge is 0.478 e. The number of carboxylic acid groups (broad SMARTS) is 1. The van der Waals surface area contributed by atoms with Gasteiger partial charge in [-0.1, -0.05) is 24.3 Å². The SMILES string of the molecule is COCCc1ccc(NC(=O)c2ccccc2C(=O)O)cc1. The van der Waals surface area contributed by atoms with Crippen LogP contribution in [0.1, 0.15) is 26.3 Å². The van der Waals surface area contributed by atoms with Crippen LogP contribution in [0.15, 0.2) is 48.5 Å². The number of nitrogens with one attached hydrogen (secondary N) is 1. The molecule has 22 heavy (non-hydrogen) atoms. The van der Waals surface area contributed by atoms with Crippen LogP contribution in [0.25, 0.3) is 0 Å². The molecule has 0 aromatic heterocycles. The van der Waals surface area contributed by atoms with Gasteiger partial charge in [-0.2, -0.15) is 0 Å². The Labute approximate surface area is 128 Å². The highest BCUT2D eigenvalue weighted by Gasteiger charge is 2.15. The summed E-state index contributed by atoms with van der Waals surface area (Å²) in [5, 5.41) is 11.8. The number of methoxy groups -OCH3 is 1. The summed E-state index contributed by atoms with van der Waals surface area (Å²) in [7, 11) is 1.65. The average Bonchev–Trinajstić information content (AvgIpc) is 2.54. The summed E-state index contributed by atoms with van der Waals surface area (Å²) in [4.78, 5) is 23.3. The molecule has 114 valence electrons. The molecule has 0 atom stereocenters. The number of carboxylic acids is 1. The van der Waals surface area contributed by atoms with Gasteiger partial charge >= 0.3 is 5.97 Å². The van der Waals surface area contributed by atoms with E-state index in [1.165, 1.54) is 12.1 Å². The first-order chi connectivity index (χ1) is 10.6. The van der Waals surface area contributed by atoms with Crippen LogP contribution >= 0.6 is 0 Å². The van der Waals surface area contributed by atoms with Gasteiger partial charge in [0.25, 0.3) is 5.91 Å². The van der Waals surface area contributed by atoms with Gasteiger partial charge in [0.2, 0.25) is 0 Å². The molecule has 5 heteroatoms. The number of aromatic carboxylic acids is 1. The van der Waals surface area contributed by atoms with Crippen LogP contribution in [0, 0.1) is 0 Å². The van der Waals surface area contributed by atoms with E-state index < -0.39 is 11.9 Å². The third-order valence-electron chi connectivity index (χ3n) is 3.21. The Hall–Kier alpha value is -2.66. The Morgan fingerprint density at radius 2 is 1.68 bits per heavy atom. The molecule has 0 aliphatic rings. The lowest BCUT2D eigenvalue weighted by atomic mass is 10.1. The topological polar surface area (TPSA) is 75.6 Å². The Morgan fingerprint density at radius 1 is 1.05 bits per heavy atom. The maximum atomic E-state index is 12.2. The Bertz CT molecular complexity index is 665. The van der Waals surface area contributed by atoms with Crippen LogP contribution in [-0.4, -0.2) is 30.7 Å². The van der Waals surface area contributed by atoms with Crippen molar-refractivity contribution >= 4 is 17.6 Å². The molecule has 2 N–H and O–H groups in total. The van der Waals surface area contributed by atoms with Crippen molar-refractivity contribution in [1.82, 2.24) is 0 Å². The molecule has 0 saturated carbocycles. The third-order valence-corrected chi connectivity index (χ3v) is 3.21. The predicted octanol–water partition coefficient (Wildman–Crippen LogP) is 2.83. The van der Waals surface area contributed by atoms with E-state index in [4.69, 9.17) is 9.84 Å². The average molecular weight is 299 g/mol. The van der Waals surface area contributed by atoms with E-state index in [0.717, 1.165) is 12.0 Å². The summed E-state index contributed by atoms with van der Waals surface area (Å²) in [6, 6.07) is 13.5. The van der Waals surface area contributed by atoms with Crippen LogP contribution in [-0.2, 0) is 11.2 Å². The monoisotopic (exact) mass is 299 g/mol. The maximum absolute atomic E-state index is 12.2. The normalized spacial score (nSPS) is 10.2. The van der Waals surface area contributed by atoms with E-state index in [2.05, 4.69) is 5.32 Å². The lowest BCUT2D eigenvalue weighted by Gasteiger charge is -2.08. The van der Waals surface area contributed by atoms with E-state index in [9.17, 15) is 9.59 Å². The number of hydrogen-bond acceptors (Lipinski definition) is 3. The quantitative estimate of drug-likeness (QED) is 0.860. The number of amides is 1. The molecule has 0 unspecified atom stereocenters. The standard InChI is InChI=1S/C17H17NO4/c1-22-11-10-12-6-8-13(9-7-12)18-16(19)14-4-2-3-5-15(14)17(20)21/h2-9H,10-11H2,1H3,(H,18,19)(H,20,21). The third kappa shape index (κ3) is 3.93. The molecule has 0 fully saturated rings. The van der Waals surface area contributed by atoms with Crippen molar-refractivity contribution in [2.24, 2.45) is 0 Å². The predicted molar refractivity (Wildman–Crippen MR) is 83.4 cm³/mol. The van der Waals surface area contributed by atoms with Crippen molar-refractivity contribution in [2.45, 2.75) is 6.42 Å². The molecule has 0 saturated heterocycles. The van der Waals surface area contributed by atoms with E-state index in [-0.39, 0.29) is 11.1 Å². The molecule has 2 aromatic rings. The number of benzene rings is 2.